The molecule has 3 rings (SSSR count). The molecule has 0 unspecified atom stereocenters. The van der Waals surface area contributed by atoms with E-state index in [0.29, 0.717) is 0 Å². The van der Waals surface area contributed by atoms with E-state index in [2.05, 4.69) is 5.32 Å². The first-order valence-electron chi connectivity index (χ1n) is 12.1. The van der Waals surface area contributed by atoms with Gasteiger partial charge in [-0.1, -0.05) is 44.2 Å². The van der Waals surface area contributed by atoms with Crippen molar-refractivity contribution >= 4 is 53.5 Å². The maximum Gasteiger partial charge on any atom is 0.330 e. The number of thioether (sulfide) groups is 1. The van der Waals surface area contributed by atoms with Crippen molar-refractivity contribution in [2.75, 3.05) is 26.1 Å². The highest BCUT2D eigenvalue weighted by Crippen LogP contribution is 2.51. The molecule has 2 heterocycles. The molecule has 1 aromatic carbocycles. The Morgan fingerprint density at radius 3 is 2.52 bits per heavy atom. The fourth-order valence-corrected chi connectivity index (χ4v) is 5.33. The zero-order chi connectivity index (χ0) is 25.5. The summed E-state index contributed by atoms with van der Waals surface area (Å²) >= 11 is 1.33. The number of halogens is 1. The third kappa shape index (κ3) is 5.73. The van der Waals surface area contributed by atoms with Crippen molar-refractivity contribution in [1.29, 1.82) is 0 Å². The minimum absolute atomic E-state index is 0. The summed E-state index contributed by atoms with van der Waals surface area (Å²) in [6.07, 6.45) is 0.123. The molecule has 0 aliphatic carbocycles. The summed E-state index contributed by atoms with van der Waals surface area (Å²) in [6.45, 7) is 1.81. The van der Waals surface area contributed by atoms with Crippen molar-refractivity contribution in [3.05, 3.63) is 35.9 Å². The Morgan fingerprint density at radius 2 is 1.90 bits per heavy atom. The first-order valence-corrected chi connectivity index (χ1v) is 11.0. The average Bonchev–Trinajstić information content (AvgIpc) is 3.01. The molecule has 0 radical (unpaired) electrons. The fourth-order valence-electron chi connectivity index (χ4n) is 3.71. The number of nitrogens with zero attached hydrogens (tertiary/aromatic N) is 2. The smallest absolute Gasteiger partial charge is 0.330 e. The second-order valence-corrected chi connectivity index (χ2v) is 9.55. The number of carbonyl (C=O) groups excluding carboxylic acids is 3. The summed E-state index contributed by atoms with van der Waals surface area (Å²) in [4.78, 5) is 41.0. The highest BCUT2D eigenvalue weighted by Gasteiger charge is 2.64. The van der Waals surface area contributed by atoms with Gasteiger partial charge in [0.25, 0.3) is 0 Å². The Bertz CT molecular complexity index is 950. The molecule has 9 heteroatoms. The molecule has 172 valence electrons. The van der Waals surface area contributed by atoms with Crippen LogP contribution >= 0.6 is 35.7 Å². The Labute approximate surface area is 211 Å². The molecule has 31 heavy (non-hydrogen) atoms. The lowest BCUT2D eigenvalue weighted by Gasteiger charge is -2.44. The predicted octanol–water partition coefficient (Wildman–Crippen LogP) is 2.28. The highest BCUT2D eigenvalue weighted by atomic mass is 127. The van der Waals surface area contributed by atoms with E-state index in [4.69, 9.17) is 10.2 Å². The van der Waals surface area contributed by atoms with Crippen LogP contribution in [0.4, 0.5) is 0 Å². The molecule has 2 aliphatic rings. The normalized spacial score (nSPS) is 26.4. The van der Waals surface area contributed by atoms with Gasteiger partial charge in [-0.25, -0.2) is 4.79 Å². The van der Waals surface area contributed by atoms with Gasteiger partial charge >= 0.3 is 5.97 Å². The summed E-state index contributed by atoms with van der Waals surface area (Å²) < 4.78 is 37.0. The van der Waals surface area contributed by atoms with Crippen molar-refractivity contribution in [2.45, 2.75) is 56.3 Å². The second-order valence-electron chi connectivity index (χ2n) is 7.77. The predicted molar refractivity (Wildman–Crippen MR) is 132 cm³/mol. The Morgan fingerprint density at radius 1 is 1.26 bits per heavy atom. The van der Waals surface area contributed by atoms with Gasteiger partial charge in [0.15, 0.2) is 0 Å². The first kappa shape index (κ1) is 20.3. The topological polar surface area (TPSA) is 79.0 Å². The number of likely N-dealkylation sites (N-methyl/N-ethyl adjacent to an activating group) is 1. The van der Waals surface area contributed by atoms with Gasteiger partial charge in [-0.15, -0.1) is 35.7 Å². The van der Waals surface area contributed by atoms with Crippen LogP contribution in [0, 0.1) is 0 Å². The van der Waals surface area contributed by atoms with Gasteiger partial charge in [0.05, 0.1) is 9.16 Å². The third-order valence-electron chi connectivity index (χ3n) is 5.31. The summed E-state index contributed by atoms with van der Waals surface area (Å²) in [6, 6.07) is 7.23. The van der Waals surface area contributed by atoms with Crippen LogP contribution in [0.15, 0.2) is 30.3 Å². The summed E-state index contributed by atoms with van der Waals surface area (Å²) in [5, 5.41) is 2.25. The van der Waals surface area contributed by atoms with E-state index in [1.165, 1.54) is 21.6 Å². The molecule has 0 saturated carbocycles. The molecule has 2 amide bonds. The van der Waals surface area contributed by atoms with Crippen LogP contribution in [0.2, 0.25) is 0 Å². The van der Waals surface area contributed by atoms with Crippen molar-refractivity contribution in [3.63, 3.8) is 0 Å². The molecular formula is C22H32IN3O4S. The van der Waals surface area contributed by atoms with E-state index >= 15 is 0 Å². The molecule has 0 aromatic heterocycles. The molecule has 3 atom stereocenters. The van der Waals surface area contributed by atoms with Gasteiger partial charge in [-0.05, 0) is 32.5 Å². The van der Waals surface area contributed by atoms with Crippen LogP contribution < -0.4 is 5.32 Å². The Kier molecular flexibility index (Phi) is 7.20. The minimum Gasteiger partial charge on any atom is -0.463 e. The van der Waals surface area contributed by atoms with E-state index in [0.717, 1.165) is 5.56 Å². The number of benzene rings is 1. The zero-order valence-corrected chi connectivity index (χ0v) is 21.2. The summed E-state index contributed by atoms with van der Waals surface area (Å²) in [5.41, 5.74) is 0.814. The monoisotopic (exact) mass is 565 g/mol. The first-order chi connectivity index (χ1) is 15.8. The molecule has 0 bridgehead atoms. The number of ether oxygens (including phenoxy) is 1. The van der Waals surface area contributed by atoms with Gasteiger partial charge in [-0.3, -0.25) is 9.59 Å². The van der Waals surface area contributed by atoms with Crippen molar-refractivity contribution in [2.24, 2.45) is 0 Å². The Balaban J connectivity index is 0.00000432. The molecule has 2 fully saturated rings. The number of hydrogen-bond donors (Lipinski definition) is 1. The van der Waals surface area contributed by atoms with Gasteiger partial charge in [0, 0.05) is 14.0 Å². The molecule has 2 aliphatic heterocycles. The van der Waals surface area contributed by atoms with Crippen molar-refractivity contribution < 1.29 is 24.6 Å². The lowest BCUT2D eigenvalue weighted by Crippen LogP contribution is -2.70. The SMILES string of the molecule is I.[2H]C([2H])(OC(=O)[C@@H]1N2C(=O)[C@@H](NC(=O)Cc3ccccc3)[C@H]2SC1(C)C)C([2H])([2H])N(CC)CC. The highest BCUT2D eigenvalue weighted by molar-refractivity contribution is 14.0. The number of carbonyl (C=O) groups is 3. The number of rotatable bonds is 9. The van der Waals surface area contributed by atoms with Crippen LogP contribution in [-0.4, -0.2) is 75.9 Å². The maximum atomic E-state index is 13.1. The van der Waals surface area contributed by atoms with Crippen LogP contribution in [0.1, 0.15) is 38.7 Å². The molecule has 0 spiro atoms. The molecule has 2 saturated heterocycles. The van der Waals surface area contributed by atoms with Crippen molar-refractivity contribution in [1.82, 2.24) is 15.1 Å². The van der Waals surface area contributed by atoms with E-state index in [9.17, 15) is 14.4 Å². The molecule has 1 N–H and O–H groups in total. The van der Waals surface area contributed by atoms with Crippen LogP contribution in [-0.2, 0) is 25.5 Å². The standard InChI is InChI=1S/C22H31N3O4S.HI/c1-5-24(6-2)12-13-29-21(28)18-22(3,4)30-20-17(19(27)25(18)20)23-16(26)14-15-10-8-7-9-11-15;/h7-11,17-18,20H,5-6,12-14H2,1-4H3,(H,23,26);1H/t17-,18+,20-;/m1./s1/i12D2,13D2;. The summed E-state index contributed by atoms with van der Waals surface area (Å²) in [7, 11) is 0. The Hall–Kier alpha value is -1.33. The molecule has 1 aromatic rings. The number of β-lactam (4-membered cyclic amide) rings is 1. The van der Waals surface area contributed by atoms with Crippen LogP contribution in [0.25, 0.3) is 0 Å². The van der Waals surface area contributed by atoms with Gasteiger partial charge in [0.2, 0.25) is 11.8 Å². The van der Waals surface area contributed by atoms with Gasteiger partial charge in [-0.2, -0.15) is 0 Å². The molecular weight excluding hydrogens is 529 g/mol. The van der Waals surface area contributed by atoms with Gasteiger partial charge < -0.3 is 19.9 Å². The van der Waals surface area contributed by atoms with E-state index < -0.39 is 47.1 Å². The van der Waals surface area contributed by atoms with E-state index in [-0.39, 0.29) is 49.4 Å². The number of fused-ring (bicyclic) bond motifs is 1. The average molecular weight is 566 g/mol. The maximum absolute atomic E-state index is 13.1. The number of amides is 2. The molecule has 7 nitrogen and oxygen atoms in total. The van der Waals surface area contributed by atoms with E-state index in [1.807, 2.05) is 30.3 Å². The third-order valence-corrected chi connectivity index (χ3v) is 6.88. The van der Waals surface area contributed by atoms with Crippen molar-refractivity contribution in [3.8, 4) is 0 Å². The van der Waals surface area contributed by atoms with Crippen LogP contribution in [0.5, 0.6) is 0 Å². The van der Waals surface area contributed by atoms with E-state index in [1.54, 1.807) is 27.7 Å². The zero-order valence-electron chi connectivity index (χ0n) is 22.1. The van der Waals surface area contributed by atoms with Gasteiger partial charge in [0.1, 0.15) is 24.0 Å². The number of hydrogen-bond acceptors (Lipinski definition) is 6. The number of nitrogens with one attached hydrogen (secondary N) is 1. The summed E-state index contributed by atoms with van der Waals surface area (Å²) in [5.74, 6) is -1.76. The number of esters is 1. The minimum atomic E-state index is -2.94. The largest absolute Gasteiger partial charge is 0.463 e. The second kappa shape index (κ2) is 11.0. The lowest BCUT2D eigenvalue weighted by atomic mass is 9.96. The fraction of sp³-hybridized carbons (Fsp3) is 0.591. The lowest BCUT2D eigenvalue weighted by molar-refractivity contribution is -0.164. The quantitative estimate of drug-likeness (QED) is 0.281. The van der Waals surface area contributed by atoms with Crippen LogP contribution in [0.3, 0.4) is 0 Å².